The molecule has 1 atom stereocenters. The maximum absolute atomic E-state index is 13.6. The molecule has 6 nitrogen and oxygen atoms in total. The molecule has 2 heterocycles. The fraction of sp³-hybridized carbons (Fsp3) is 0.259. The van der Waals surface area contributed by atoms with E-state index in [0.29, 0.717) is 29.9 Å². The number of aromatic amines is 1. The fourth-order valence-corrected chi connectivity index (χ4v) is 4.98. The second-order valence-corrected chi connectivity index (χ2v) is 9.98. The van der Waals surface area contributed by atoms with E-state index in [1.54, 1.807) is 11.0 Å². The molecule has 5 rings (SSSR count). The number of carbonyl (C=O) groups excluding carboxylic acids is 1. The molecule has 0 fully saturated rings. The van der Waals surface area contributed by atoms with Gasteiger partial charge in [-0.1, -0.05) is 24.3 Å². The number of alkyl halides is 2. The molecule has 0 aliphatic carbocycles. The number of benzene rings is 3. The van der Waals surface area contributed by atoms with Crippen LogP contribution < -0.4 is 9.64 Å². The van der Waals surface area contributed by atoms with Gasteiger partial charge in [0.1, 0.15) is 28.6 Å². The van der Waals surface area contributed by atoms with Gasteiger partial charge < -0.3 is 32.1 Å². The number of hydrogen-bond acceptors (Lipinski definition) is 4. The number of halogens is 2. The van der Waals surface area contributed by atoms with E-state index in [1.807, 2.05) is 62.6 Å². The van der Waals surface area contributed by atoms with E-state index in [1.165, 1.54) is 0 Å². The van der Waals surface area contributed by atoms with Crippen LogP contribution in [0.5, 0.6) is 11.5 Å². The number of anilines is 1. The van der Waals surface area contributed by atoms with E-state index >= 15 is 0 Å². The number of carbonyl (C=O) groups is 1. The van der Waals surface area contributed by atoms with Crippen molar-refractivity contribution < 1.29 is 47.3 Å². The summed E-state index contributed by atoms with van der Waals surface area (Å²) in [5, 5.41) is 13.1. The molecular formula is C27H28Cl2N3O3Y-. The molecule has 3 aromatic carbocycles. The van der Waals surface area contributed by atoms with Crippen molar-refractivity contribution >= 4 is 56.5 Å². The molecule has 2 N–H and O–H groups in total. The second kappa shape index (κ2) is 11.7. The average Bonchev–Trinajstić information content (AvgIpc) is 3.40. The molecule has 187 valence electrons. The number of nitrogens with zero attached hydrogens (tertiary/aromatic N) is 2. The number of hydrogen-bond donors (Lipinski definition) is 2. The Morgan fingerprint density at radius 2 is 1.89 bits per heavy atom. The molecule has 36 heavy (non-hydrogen) atoms. The molecule has 1 radical (unpaired) electrons. The first kappa shape index (κ1) is 28.7. The summed E-state index contributed by atoms with van der Waals surface area (Å²) in [5.41, 5.74) is 2.79. The Morgan fingerprint density at radius 3 is 2.58 bits per heavy atom. The zero-order chi connectivity index (χ0) is 24.0. The number of phenols is 1. The van der Waals surface area contributed by atoms with Gasteiger partial charge in [0, 0.05) is 74.1 Å². The van der Waals surface area contributed by atoms with Crippen LogP contribution in [0.1, 0.15) is 22.0 Å². The van der Waals surface area contributed by atoms with Gasteiger partial charge in [-0.05, 0) is 49.3 Å². The normalized spacial score (nSPS) is 14.7. The summed E-state index contributed by atoms with van der Waals surface area (Å²) in [4.78, 5) is 19.8. The Morgan fingerprint density at radius 1 is 1.17 bits per heavy atom. The summed E-state index contributed by atoms with van der Waals surface area (Å²) in [7, 11) is 3.99. The molecule has 0 spiro atoms. The number of ether oxygens (including phenoxy) is 1. The molecule has 0 saturated carbocycles. The molecule has 1 aliphatic rings. The van der Waals surface area contributed by atoms with Crippen molar-refractivity contribution in [1.82, 2.24) is 9.88 Å². The molecule has 1 aliphatic heterocycles. The van der Waals surface area contributed by atoms with Gasteiger partial charge in [0.05, 0.1) is 5.69 Å². The molecule has 0 saturated heterocycles. The predicted molar refractivity (Wildman–Crippen MR) is 144 cm³/mol. The molecule has 1 amide bonds. The Kier molecular flexibility index (Phi) is 9.34. The van der Waals surface area contributed by atoms with Crippen LogP contribution in [-0.2, 0) is 32.7 Å². The van der Waals surface area contributed by atoms with Crippen LogP contribution in [0.3, 0.4) is 0 Å². The first-order valence-electron chi connectivity index (χ1n) is 11.1. The van der Waals surface area contributed by atoms with E-state index < -0.39 is 4.84 Å². The number of aromatic hydroxyl groups is 1. The molecule has 9 heteroatoms. The quantitative estimate of drug-likeness (QED) is 0.211. The van der Waals surface area contributed by atoms with Crippen molar-refractivity contribution in [2.45, 2.75) is 10.8 Å². The van der Waals surface area contributed by atoms with Crippen molar-refractivity contribution in [2.24, 2.45) is 0 Å². The summed E-state index contributed by atoms with van der Waals surface area (Å²) in [5.74, 6) is 0.389. The minimum atomic E-state index is -0.700. The molecule has 1 aromatic heterocycles. The average molecular weight is 602 g/mol. The monoisotopic (exact) mass is 601 g/mol. The standard InChI is InChI=1S/C26H25Cl2N3O3.CH3.Y/c1-30(2)9-10-34-16-7-8-20-15(11-16)12-21(29-20)26(33)31-14-19(25(27)28)24-18-6-4-3-5-17(18)23(32)13-22(24)31;;/h3-8,11-13,19,25,29,32H,9-10,14H2,1-2H3;1H3;/q;-1;/t19-;;/m1../s1. The SMILES string of the molecule is CN(C)CCOc1ccc2[nH]c(C(=O)N3C[C@@H](C(Cl)Cl)c4c3cc(O)c3ccccc43)cc2c1.[CH3-].[Y]. The van der Waals surface area contributed by atoms with E-state index in [0.717, 1.165) is 34.1 Å². The van der Waals surface area contributed by atoms with Gasteiger partial charge in [-0.2, -0.15) is 0 Å². The van der Waals surface area contributed by atoms with Gasteiger partial charge >= 0.3 is 0 Å². The third kappa shape index (κ3) is 5.39. The summed E-state index contributed by atoms with van der Waals surface area (Å²) < 4.78 is 5.83. The topological polar surface area (TPSA) is 68.8 Å². The van der Waals surface area contributed by atoms with Crippen molar-refractivity contribution in [3.8, 4) is 11.5 Å². The van der Waals surface area contributed by atoms with Gasteiger partial charge in [0.2, 0.25) is 0 Å². The van der Waals surface area contributed by atoms with Crippen molar-refractivity contribution in [3.63, 3.8) is 0 Å². The zero-order valence-corrected chi connectivity index (χ0v) is 24.8. The van der Waals surface area contributed by atoms with Crippen LogP contribution >= 0.6 is 23.2 Å². The number of nitrogens with one attached hydrogen (secondary N) is 1. The zero-order valence-electron chi connectivity index (χ0n) is 20.5. The van der Waals surface area contributed by atoms with E-state index in [-0.39, 0.29) is 57.7 Å². The van der Waals surface area contributed by atoms with Crippen LogP contribution in [-0.4, -0.2) is 59.5 Å². The number of phenolic OH excluding ortho intramolecular Hbond substituents is 1. The molecule has 0 bridgehead atoms. The Hall–Kier alpha value is -1.83. The minimum Gasteiger partial charge on any atom is -0.507 e. The Labute approximate surface area is 246 Å². The first-order chi connectivity index (χ1) is 16.3. The summed E-state index contributed by atoms with van der Waals surface area (Å²) in [6.45, 7) is 1.72. The number of fused-ring (bicyclic) bond motifs is 4. The van der Waals surface area contributed by atoms with Gasteiger partial charge in [0.25, 0.3) is 5.91 Å². The van der Waals surface area contributed by atoms with Crippen LogP contribution in [0, 0.1) is 7.43 Å². The Balaban J connectivity index is 0.00000180. The van der Waals surface area contributed by atoms with Crippen LogP contribution in [0.25, 0.3) is 21.7 Å². The summed E-state index contributed by atoms with van der Waals surface area (Å²) in [6.07, 6.45) is 0. The second-order valence-electron chi connectivity index (χ2n) is 8.81. The van der Waals surface area contributed by atoms with Crippen molar-refractivity contribution in [2.75, 3.05) is 38.7 Å². The van der Waals surface area contributed by atoms with Gasteiger partial charge in [-0.25, -0.2) is 0 Å². The van der Waals surface area contributed by atoms with Crippen LogP contribution in [0.4, 0.5) is 5.69 Å². The fourth-order valence-electron chi connectivity index (χ4n) is 4.57. The van der Waals surface area contributed by atoms with Gasteiger partial charge in [0.15, 0.2) is 0 Å². The van der Waals surface area contributed by atoms with Gasteiger partial charge in [-0.3, -0.25) is 4.79 Å². The smallest absolute Gasteiger partial charge is 0.274 e. The molecule has 4 aromatic rings. The molecule has 0 unspecified atom stereocenters. The minimum absolute atomic E-state index is 0. The van der Waals surface area contributed by atoms with Crippen molar-refractivity contribution in [1.29, 1.82) is 0 Å². The number of amides is 1. The van der Waals surface area contributed by atoms with Crippen LogP contribution in [0.2, 0.25) is 0 Å². The number of rotatable bonds is 6. The summed E-state index contributed by atoms with van der Waals surface area (Å²) in [6, 6.07) is 16.7. The van der Waals surface area contributed by atoms with Crippen molar-refractivity contribution in [3.05, 3.63) is 73.3 Å². The number of H-pyrrole nitrogens is 1. The van der Waals surface area contributed by atoms with E-state index in [4.69, 9.17) is 27.9 Å². The first-order valence-corrected chi connectivity index (χ1v) is 12.0. The van der Waals surface area contributed by atoms with E-state index in [2.05, 4.69) is 9.88 Å². The van der Waals surface area contributed by atoms with E-state index in [9.17, 15) is 9.90 Å². The third-order valence-electron chi connectivity index (χ3n) is 6.26. The number of likely N-dealkylation sites (N-methyl/N-ethyl adjacent to an activating group) is 1. The predicted octanol–water partition coefficient (Wildman–Crippen LogP) is 5.96. The molecular weight excluding hydrogens is 574 g/mol. The third-order valence-corrected chi connectivity index (χ3v) is 6.87. The summed E-state index contributed by atoms with van der Waals surface area (Å²) >= 11 is 12.7. The maximum Gasteiger partial charge on any atom is 0.274 e. The van der Waals surface area contributed by atoms with Crippen LogP contribution in [0.15, 0.2) is 54.6 Å². The maximum atomic E-state index is 13.6. The van der Waals surface area contributed by atoms with Gasteiger partial charge in [-0.15, -0.1) is 23.2 Å². The largest absolute Gasteiger partial charge is 0.507 e. The number of aromatic nitrogens is 1. The Bertz CT molecular complexity index is 1390.